The molecular weight excluding hydrogens is 326 g/mol. The fourth-order valence-corrected chi connectivity index (χ4v) is 2.45. The fraction of sp³-hybridized carbons (Fsp3) is 0.222. The summed E-state index contributed by atoms with van der Waals surface area (Å²) >= 11 is 6.10. The number of nitrogens with one attached hydrogen (secondary N) is 2. The Bertz CT molecular complexity index is 719. The van der Waals surface area contributed by atoms with Crippen LogP contribution in [0.15, 0.2) is 48.5 Å². The van der Waals surface area contributed by atoms with E-state index in [4.69, 9.17) is 11.6 Å². The second-order valence-electron chi connectivity index (χ2n) is 5.45. The van der Waals surface area contributed by atoms with E-state index in [-0.39, 0.29) is 18.4 Å². The van der Waals surface area contributed by atoms with E-state index in [1.165, 1.54) is 0 Å². The van der Waals surface area contributed by atoms with Gasteiger partial charge < -0.3 is 16.0 Å². The monoisotopic (exact) mass is 346 g/mol. The van der Waals surface area contributed by atoms with Crippen LogP contribution in [0.5, 0.6) is 0 Å². The number of anilines is 1. The Morgan fingerprint density at radius 2 is 1.88 bits per heavy atom. The number of nitrogens with two attached hydrogens (primary N) is 1. The molecule has 2 rings (SSSR count). The van der Waals surface area contributed by atoms with E-state index in [0.29, 0.717) is 10.7 Å². The summed E-state index contributed by atoms with van der Waals surface area (Å²) in [5.74, 6) is -0.341. The third-order valence-corrected chi connectivity index (χ3v) is 4.11. The molecular formula is C18H21ClN3O2+. The quantitative estimate of drug-likeness (QED) is 0.743. The summed E-state index contributed by atoms with van der Waals surface area (Å²) in [5.41, 5.74) is 2.41. The number of amides is 2. The summed E-state index contributed by atoms with van der Waals surface area (Å²) in [7, 11) is 1.57. The third kappa shape index (κ3) is 4.81. The maximum Gasteiger partial charge on any atom is 0.287 e. The first-order valence-electron chi connectivity index (χ1n) is 7.67. The minimum Gasteiger partial charge on any atom is -0.354 e. The number of likely N-dealkylation sites (N-methyl/N-ethyl adjacent to an activating group) is 1. The van der Waals surface area contributed by atoms with Crippen molar-refractivity contribution in [3.8, 4) is 0 Å². The van der Waals surface area contributed by atoms with Crippen molar-refractivity contribution in [2.45, 2.75) is 13.0 Å². The number of rotatable bonds is 6. The Labute approximate surface area is 146 Å². The van der Waals surface area contributed by atoms with Crippen molar-refractivity contribution < 1.29 is 14.9 Å². The number of hydrogen-bond donors (Lipinski definition) is 3. The van der Waals surface area contributed by atoms with Crippen LogP contribution in [-0.4, -0.2) is 25.4 Å². The molecule has 2 aromatic rings. The third-order valence-electron chi connectivity index (χ3n) is 3.70. The van der Waals surface area contributed by atoms with E-state index in [9.17, 15) is 9.59 Å². The fourth-order valence-electron chi connectivity index (χ4n) is 2.27. The van der Waals surface area contributed by atoms with Gasteiger partial charge in [0.15, 0.2) is 12.6 Å². The van der Waals surface area contributed by atoms with E-state index in [1.54, 1.807) is 24.5 Å². The molecule has 0 saturated heterocycles. The van der Waals surface area contributed by atoms with Gasteiger partial charge in [0.05, 0.1) is 0 Å². The molecule has 6 heteroatoms. The van der Waals surface area contributed by atoms with Crippen LogP contribution in [0.25, 0.3) is 0 Å². The molecule has 2 aromatic carbocycles. The zero-order valence-electron chi connectivity index (χ0n) is 13.7. The molecule has 0 saturated carbocycles. The van der Waals surface area contributed by atoms with Crippen LogP contribution < -0.4 is 16.0 Å². The number of benzene rings is 2. The molecule has 0 aliphatic carbocycles. The number of carbonyl (C=O) groups excluding carboxylic acids is 2. The summed E-state index contributed by atoms with van der Waals surface area (Å²) < 4.78 is 0. The van der Waals surface area contributed by atoms with Crippen molar-refractivity contribution in [1.29, 1.82) is 0 Å². The van der Waals surface area contributed by atoms with Gasteiger partial charge in [-0.05, 0) is 24.6 Å². The second kappa shape index (κ2) is 8.47. The zero-order chi connectivity index (χ0) is 17.5. The lowest BCUT2D eigenvalue weighted by molar-refractivity contribution is -0.672. The van der Waals surface area contributed by atoms with Crippen LogP contribution in [0.2, 0.25) is 5.02 Å². The van der Waals surface area contributed by atoms with Crippen LogP contribution in [-0.2, 0) is 9.59 Å². The van der Waals surface area contributed by atoms with Crippen LogP contribution in [0.4, 0.5) is 5.69 Å². The Morgan fingerprint density at radius 3 is 2.50 bits per heavy atom. The molecule has 0 aromatic heterocycles. The first-order chi connectivity index (χ1) is 11.5. The molecule has 0 fully saturated rings. The van der Waals surface area contributed by atoms with Gasteiger partial charge in [0.2, 0.25) is 0 Å². The highest BCUT2D eigenvalue weighted by atomic mass is 35.5. The molecule has 0 bridgehead atoms. The molecule has 1 atom stereocenters. The largest absolute Gasteiger partial charge is 0.354 e. The van der Waals surface area contributed by atoms with E-state index in [1.807, 2.05) is 43.3 Å². The van der Waals surface area contributed by atoms with Crippen molar-refractivity contribution >= 4 is 29.1 Å². The Balaban J connectivity index is 2.17. The van der Waals surface area contributed by atoms with Gasteiger partial charge in [-0.15, -0.1) is 0 Å². The summed E-state index contributed by atoms with van der Waals surface area (Å²) in [6.45, 7) is 2.07. The first-order valence-corrected chi connectivity index (χ1v) is 8.05. The molecule has 0 heterocycles. The molecule has 0 aliphatic rings. The smallest absolute Gasteiger partial charge is 0.287 e. The van der Waals surface area contributed by atoms with Gasteiger partial charge in [-0.3, -0.25) is 9.59 Å². The Morgan fingerprint density at radius 1 is 1.17 bits per heavy atom. The number of hydrogen-bond acceptors (Lipinski definition) is 2. The minimum atomic E-state index is -0.524. The summed E-state index contributed by atoms with van der Waals surface area (Å²) in [4.78, 5) is 24.2. The van der Waals surface area contributed by atoms with E-state index in [2.05, 4.69) is 10.6 Å². The number of quaternary nitrogens is 1. The molecule has 0 aliphatic heterocycles. The summed E-state index contributed by atoms with van der Waals surface area (Å²) in [5, 5.41) is 7.72. The van der Waals surface area contributed by atoms with Gasteiger partial charge in [0.1, 0.15) is 0 Å². The Kier molecular flexibility index (Phi) is 6.35. The van der Waals surface area contributed by atoms with Crippen LogP contribution in [0.3, 0.4) is 0 Å². The standard InChI is InChI=1S/C18H20ClN3O2/c1-12-8-9-14(10-15(12)19)22-18(24)17(21-11-16(23)20-2)13-6-4-3-5-7-13/h3-10,17,21H,11H2,1-2H3,(H,20,23)(H,22,24)/p+1/t17-/m1/s1. The van der Waals surface area contributed by atoms with Crippen molar-refractivity contribution in [3.05, 3.63) is 64.7 Å². The predicted octanol–water partition coefficient (Wildman–Crippen LogP) is 1.64. The molecule has 5 nitrogen and oxygen atoms in total. The second-order valence-corrected chi connectivity index (χ2v) is 5.86. The van der Waals surface area contributed by atoms with Gasteiger partial charge >= 0.3 is 0 Å². The van der Waals surface area contributed by atoms with E-state index < -0.39 is 6.04 Å². The van der Waals surface area contributed by atoms with E-state index >= 15 is 0 Å². The summed E-state index contributed by atoms with van der Waals surface area (Å²) in [6, 6.07) is 14.2. The lowest BCUT2D eigenvalue weighted by atomic mass is 10.1. The molecule has 4 N–H and O–H groups in total. The molecule has 24 heavy (non-hydrogen) atoms. The predicted molar refractivity (Wildman–Crippen MR) is 94.9 cm³/mol. The maximum absolute atomic E-state index is 12.7. The van der Waals surface area contributed by atoms with Crippen molar-refractivity contribution in [2.24, 2.45) is 0 Å². The Hall–Kier alpha value is -2.37. The molecule has 2 amide bonds. The van der Waals surface area contributed by atoms with Crippen LogP contribution in [0, 0.1) is 6.92 Å². The highest BCUT2D eigenvalue weighted by Gasteiger charge is 2.25. The molecule has 0 spiro atoms. The van der Waals surface area contributed by atoms with Gasteiger partial charge in [0, 0.05) is 23.3 Å². The number of aryl methyl sites for hydroxylation is 1. The minimum absolute atomic E-state index is 0.137. The average molecular weight is 347 g/mol. The number of halogens is 1. The van der Waals surface area contributed by atoms with Crippen LogP contribution in [0.1, 0.15) is 17.2 Å². The van der Waals surface area contributed by atoms with Gasteiger partial charge in [-0.1, -0.05) is 48.0 Å². The topological polar surface area (TPSA) is 74.8 Å². The maximum atomic E-state index is 12.7. The van der Waals surface area contributed by atoms with Gasteiger partial charge in [0.25, 0.3) is 11.8 Å². The average Bonchev–Trinajstić information content (AvgIpc) is 2.59. The zero-order valence-corrected chi connectivity index (χ0v) is 14.4. The van der Waals surface area contributed by atoms with Crippen molar-refractivity contribution in [2.75, 3.05) is 18.9 Å². The van der Waals surface area contributed by atoms with E-state index in [0.717, 1.165) is 11.1 Å². The number of carbonyl (C=O) groups is 2. The summed E-state index contributed by atoms with van der Waals surface area (Å²) in [6.07, 6.45) is 0. The van der Waals surface area contributed by atoms with Crippen molar-refractivity contribution in [3.63, 3.8) is 0 Å². The van der Waals surface area contributed by atoms with Gasteiger partial charge in [-0.2, -0.15) is 0 Å². The highest BCUT2D eigenvalue weighted by Crippen LogP contribution is 2.21. The SMILES string of the molecule is CNC(=O)C[NH2+][C@@H](C(=O)Nc1ccc(C)c(Cl)c1)c1ccccc1. The normalized spacial score (nSPS) is 11.6. The van der Waals surface area contributed by atoms with Gasteiger partial charge in [-0.25, -0.2) is 0 Å². The van der Waals surface area contributed by atoms with Crippen molar-refractivity contribution in [1.82, 2.24) is 5.32 Å². The molecule has 0 radical (unpaired) electrons. The first kappa shape index (κ1) is 18.0. The molecule has 0 unspecified atom stereocenters. The highest BCUT2D eigenvalue weighted by molar-refractivity contribution is 6.31. The van der Waals surface area contributed by atoms with Crippen LogP contribution >= 0.6 is 11.6 Å². The molecule has 126 valence electrons. The lowest BCUT2D eigenvalue weighted by Gasteiger charge is -2.16. The lowest BCUT2D eigenvalue weighted by Crippen LogP contribution is -2.89.